The van der Waals surface area contributed by atoms with E-state index < -0.39 is 16.1 Å². The van der Waals surface area contributed by atoms with Gasteiger partial charge in [-0.3, -0.25) is 4.79 Å². The molecule has 1 aliphatic rings. The van der Waals surface area contributed by atoms with Crippen LogP contribution in [-0.2, 0) is 21.2 Å². The predicted molar refractivity (Wildman–Crippen MR) is 93.7 cm³/mol. The second-order valence-corrected chi connectivity index (χ2v) is 7.82. The van der Waals surface area contributed by atoms with Gasteiger partial charge in [0, 0.05) is 17.3 Å². The van der Waals surface area contributed by atoms with Crippen LogP contribution in [0.2, 0.25) is 5.02 Å². The fourth-order valence-electron chi connectivity index (χ4n) is 2.77. The summed E-state index contributed by atoms with van der Waals surface area (Å²) in [5.41, 5.74) is 1.94. The van der Waals surface area contributed by atoms with Gasteiger partial charge in [-0.1, -0.05) is 29.8 Å². The van der Waals surface area contributed by atoms with Gasteiger partial charge in [-0.25, -0.2) is 8.42 Å². The van der Waals surface area contributed by atoms with Gasteiger partial charge in [0.15, 0.2) is 0 Å². The smallest absolute Gasteiger partial charge is 0.244 e. The van der Waals surface area contributed by atoms with Crippen molar-refractivity contribution in [3.8, 4) is 0 Å². The van der Waals surface area contributed by atoms with Crippen LogP contribution in [0.4, 0.5) is 5.69 Å². The molecule has 24 heavy (non-hydrogen) atoms. The number of hydrogen-bond acceptors (Lipinski definition) is 3. The summed E-state index contributed by atoms with van der Waals surface area (Å²) in [5, 5.41) is 0.451. The average Bonchev–Trinajstić information content (AvgIpc) is 2.98. The maximum absolute atomic E-state index is 12.6. The number of hydrogen-bond donors (Lipinski definition) is 1. The van der Waals surface area contributed by atoms with E-state index in [2.05, 4.69) is 4.72 Å². The van der Waals surface area contributed by atoms with Crippen molar-refractivity contribution in [2.45, 2.75) is 24.3 Å². The van der Waals surface area contributed by atoms with Crippen LogP contribution in [0.15, 0.2) is 53.4 Å². The molecule has 0 fully saturated rings. The number of carbonyl (C=O) groups excluding carboxylic acids is 1. The SMILES string of the molecule is C[C@H](NS(=O)(=O)c1ccc(Cl)cc1)C(=O)N1CCc2ccccc21. The van der Waals surface area contributed by atoms with Crippen LogP contribution in [-0.4, -0.2) is 26.9 Å². The maximum atomic E-state index is 12.6. The minimum absolute atomic E-state index is 0.0772. The average molecular weight is 365 g/mol. The Morgan fingerprint density at radius 1 is 1.17 bits per heavy atom. The molecule has 2 aromatic carbocycles. The van der Waals surface area contributed by atoms with Gasteiger partial charge >= 0.3 is 0 Å². The van der Waals surface area contributed by atoms with E-state index in [1.807, 2.05) is 24.3 Å². The molecule has 7 heteroatoms. The molecular weight excluding hydrogens is 348 g/mol. The third kappa shape index (κ3) is 3.31. The van der Waals surface area contributed by atoms with Crippen LogP contribution in [0.5, 0.6) is 0 Å². The molecule has 1 N–H and O–H groups in total. The Hall–Kier alpha value is -1.89. The fourth-order valence-corrected chi connectivity index (χ4v) is 4.09. The number of sulfonamides is 1. The van der Waals surface area contributed by atoms with Crippen LogP contribution in [0.3, 0.4) is 0 Å². The number of nitrogens with one attached hydrogen (secondary N) is 1. The molecule has 1 heterocycles. The number of para-hydroxylation sites is 1. The van der Waals surface area contributed by atoms with Crippen LogP contribution >= 0.6 is 11.6 Å². The highest BCUT2D eigenvalue weighted by Gasteiger charge is 2.30. The van der Waals surface area contributed by atoms with Gasteiger partial charge in [-0.05, 0) is 49.2 Å². The zero-order chi connectivity index (χ0) is 17.3. The summed E-state index contributed by atoms with van der Waals surface area (Å²) in [4.78, 5) is 14.4. The summed E-state index contributed by atoms with van der Waals surface area (Å²) in [6, 6.07) is 12.6. The molecule has 1 atom stereocenters. The third-order valence-corrected chi connectivity index (χ3v) is 5.79. The van der Waals surface area contributed by atoms with Crippen LogP contribution in [0.25, 0.3) is 0 Å². The quantitative estimate of drug-likeness (QED) is 0.906. The fraction of sp³-hybridized carbons (Fsp3) is 0.235. The molecule has 5 nitrogen and oxygen atoms in total. The number of rotatable bonds is 4. The first-order valence-corrected chi connectivity index (χ1v) is 9.42. The lowest BCUT2D eigenvalue weighted by Crippen LogP contribution is -2.46. The summed E-state index contributed by atoms with van der Waals surface area (Å²) in [7, 11) is -3.78. The molecule has 2 aromatic rings. The molecule has 126 valence electrons. The lowest BCUT2D eigenvalue weighted by Gasteiger charge is -2.22. The van der Waals surface area contributed by atoms with E-state index in [1.165, 1.54) is 24.3 Å². The molecule has 0 bridgehead atoms. The number of fused-ring (bicyclic) bond motifs is 1. The Morgan fingerprint density at radius 3 is 2.54 bits per heavy atom. The summed E-state index contributed by atoms with van der Waals surface area (Å²) in [5.74, 6) is -0.266. The summed E-state index contributed by atoms with van der Waals surface area (Å²) >= 11 is 5.78. The minimum Gasteiger partial charge on any atom is -0.310 e. The van der Waals surface area contributed by atoms with Crippen molar-refractivity contribution in [3.63, 3.8) is 0 Å². The number of anilines is 1. The van der Waals surface area contributed by atoms with Gasteiger partial charge in [-0.15, -0.1) is 0 Å². The first-order valence-electron chi connectivity index (χ1n) is 7.56. The molecule has 3 rings (SSSR count). The Labute approximate surface area is 146 Å². The van der Waals surface area contributed by atoms with E-state index in [0.29, 0.717) is 11.6 Å². The molecule has 0 unspecified atom stereocenters. The van der Waals surface area contributed by atoms with Crippen molar-refractivity contribution in [2.75, 3.05) is 11.4 Å². The normalized spacial score (nSPS) is 15.2. The first kappa shape index (κ1) is 17.0. The Kier molecular flexibility index (Phi) is 4.62. The highest BCUT2D eigenvalue weighted by atomic mass is 35.5. The number of halogens is 1. The monoisotopic (exact) mass is 364 g/mol. The zero-order valence-corrected chi connectivity index (χ0v) is 14.6. The highest BCUT2D eigenvalue weighted by molar-refractivity contribution is 7.89. The standard InChI is InChI=1S/C17H17ClN2O3S/c1-12(19-24(22,23)15-8-6-14(18)7-9-15)17(21)20-11-10-13-4-2-3-5-16(13)20/h2-9,12,19H,10-11H2,1H3/t12-/m0/s1. The molecule has 0 saturated carbocycles. The van der Waals surface area contributed by atoms with Crippen molar-refractivity contribution in [2.24, 2.45) is 0 Å². The Bertz CT molecular complexity index is 866. The molecule has 0 radical (unpaired) electrons. The zero-order valence-electron chi connectivity index (χ0n) is 13.1. The lowest BCUT2D eigenvalue weighted by molar-refractivity contribution is -0.119. The number of nitrogens with zero attached hydrogens (tertiary/aromatic N) is 1. The van der Waals surface area contributed by atoms with Gasteiger partial charge < -0.3 is 4.90 Å². The predicted octanol–water partition coefficient (Wildman–Crippen LogP) is 2.60. The van der Waals surface area contributed by atoms with E-state index in [1.54, 1.807) is 11.8 Å². The van der Waals surface area contributed by atoms with Crippen molar-refractivity contribution in [3.05, 3.63) is 59.1 Å². The van der Waals surface area contributed by atoms with E-state index in [0.717, 1.165) is 17.7 Å². The van der Waals surface area contributed by atoms with Crippen LogP contribution in [0, 0.1) is 0 Å². The minimum atomic E-state index is -3.78. The Balaban J connectivity index is 1.76. The van der Waals surface area contributed by atoms with E-state index >= 15 is 0 Å². The summed E-state index contributed by atoms with van der Waals surface area (Å²) in [6.45, 7) is 2.11. The topological polar surface area (TPSA) is 66.5 Å². The summed E-state index contributed by atoms with van der Waals surface area (Å²) < 4.78 is 27.2. The van der Waals surface area contributed by atoms with Crippen LogP contribution in [0.1, 0.15) is 12.5 Å². The first-order chi connectivity index (χ1) is 11.4. The molecule has 0 aliphatic carbocycles. The van der Waals surface area contributed by atoms with Gasteiger partial charge in [0.05, 0.1) is 10.9 Å². The van der Waals surface area contributed by atoms with Gasteiger partial charge in [0.2, 0.25) is 15.9 Å². The van der Waals surface area contributed by atoms with Crippen molar-refractivity contribution >= 4 is 33.2 Å². The van der Waals surface area contributed by atoms with Gasteiger partial charge in [-0.2, -0.15) is 4.72 Å². The van der Waals surface area contributed by atoms with Crippen molar-refractivity contribution in [1.82, 2.24) is 4.72 Å². The highest BCUT2D eigenvalue weighted by Crippen LogP contribution is 2.28. The number of amides is 1. The summed E-state index contributed by atoms with van der Waals surface area (Å²) in [6.07, 6.45) is 0.776. The molecule has 0 spiro atoms. The van der Waals surface area contributed by atoms with Crippen molar-refractivity contribution < 1.29 is 13.2 Å². The lowest BCUT2D eigenvalue weighted by atomic mass is 10.2. The van der Waals surface area contributed by atoms with Crippen LogP contribution < -0.4 is 9.62 Å². The van der Waals surface area contributed by atoms with Gasteiger partial charge in [0.1, 0.15) is 0 Å². The van der Waals surface area contributed by atoms with E-state index in [-0.39, 0.29) is 10.8 Å². The Morgan fingerprint density at radius 2 is 1.83 bits per heavy atom. The molecule has 1 amide bonds. The second kappa shape index (κ2) is 6.55. The third-order valence-electron chi connectivity index (χ3n) is 3.98. The molecule has 0 aromatic heterocycles. The number of benzene rings is 2. The molecular formula is C17H17ClN2O3S. The number of carbonyl (C=O) groups is 1. The maximum Gasteiger partial charge on any atom is 0.244 e. The largest absolute Gasteiger partial charge is 0.310 e. The van der Waals surface area contributed by atoms with E-state index in [4.69, 9.17) is 11.6 Å². The molecule has 0 saturated heterocycles. The van der Waals surface area contributed by atoms with E-state index in [9.17, 15) is 13.2 Å². The molecule has 1 aliphatic heterocycles. The van der Waals surface area contributed by atoms with Gasteiger partial charge in [0.25, 0.3) is 0 Å². The van der Waals surface area contributed by atoms with Crippen molar-refractivity contribution in [1.29, 1.82) is 0 Å². The second-order valence-electron chi connectivity index (χ2n) is 5.67.